The van der Waals surface area contributed by atoms with E-state index in [-0.39, 0.29) is 0 Å². The number of amides is 1. The van der Waals surface area contributed by atoms with Gasteiger partial charge in [-0.1, -0.05) is 43.1 Å². The van der Waals surface area contributed by atoms with Gasteiger partial charge in [0.2, 0.25) is 0 Å². The van der Waals surface area contributed by atoms with E-state index in [0.29, 0.717) is 15.6 Å². The number of aliphatic hydroxyl groups is 2. The second kappa shape index (κ2) is 5.19. The average Bonchev–Trinajstić information content (AvgIpc) is 2.50. The number of rotatable bonds is 2. The first-order valence-electron chi connectivity index (χ1n) is 6.31. The molecule has 0 aromatic heterocycles. The average molecular weight is 318 g/mol. The van der Waals surface area contributed by atoms with Gasteiger partial charge in [0.15, 0.2) is 0 Å². The van der Waals surface area contributed by atoms with E-state index in [1.165, 1.54) is 4.90 Å². The number of halogens is 2. The van der Waals surface area contributed by atoms with Crippen molar-refractivity contribution < 1.29 is 15.0 Å². The second-order valence-corrected chi connectivity index (χ2v) is 6.53. The van der Waals surface area contributed by atoms with Crippen molar-refractivity contribution in [2.45, 2.75) is 39.1 Å². The largest absolute Gasteiger partial charge is 0.383 e. The minimum Gasteiger partial charge on any atom is -0.383 e. The van der Waals surface area contributed by atoms with Crippen LogP contribution in [0.5, 0.6) is 0 Å². The number of hydrogen-bond acceptors (Lipinski definition) is 3. The van der Waals surface area contributed by atoms with Crippen LogP contribution >= 0.6 is 23.2 Å². The highest BCUT2D eigenvalue weighted by atomic mass is 35.5. The van der Waals surface area contributed by atoms with Crippen LogP contribution in [-0.2, 0) is 4.79 Å². The highest BCUT2D eigenvalue weighted by molar-refractivity contribution is 6.35. The van der Waals surface area contributed by atoms with Crippen molar-refractivity contribution in [1.82, 2.24) is 4.90 Å². The van der Waals surface area contributed by atoms with Crippen LogP contribution in [-0.4, -0.2) is 33.4 Å². The number of benzene rings is 1. The molecule has 20 heavy (non-hydrogen) atoms. The van der Waals surface area contributed by atoms with Crippen LogP contribution in [0, 0.1) is 5.41 Å². The Morgan fingerprint density at radius 2 is 1.90 bits per heavy atom. The smallest absolute Gasteiger partial charge is 0.254 e. The maximum absolute atomic E-state index is 12.2. The lowest BCUT2D eigenvalue weighted by Gasteiger charge is -2.32. The first-order chi connectivity index (χ1) is 9.17. The minimum absolute atomic E-state index is 0.421. The predicted octanol–water partition coefficient (Wildman–Crippen LogP) is 2.60. The maximum atomic E-state index is 12.2. The van der Waals surface area contributed by atoms with Gasteiger partial charge in [0.25, 0.3) is 5.91 Å². The zero-order chi connectivity index (χ0) is 15.2. The Bertz CT molecular complexity index is 547. The summed E-state index contributed by atoms with van der Waals surface area (Å²) in [6.07, 6.45) is -2.31. The van der Waals surface area contributed by atoms with E-state index in [0.717, 1.165) is 0 Å². The zero-order valence-electron chi connectivity index (χ0n) is 11.5. The number of carbonyl (C=O) groups excluding carboxylic acids is 1. The lowest BCUT2D eigenvalue weighted by atomic mass is 9.88. The summed E-state index contributed by atoms with van der Waals surface area (Å²) in [6.45, 7) is 5.05. The van der Waals surface area contributed by atoms with Gasteiger partial charge in [-0.2, -0.15) is 0 Å². The number of hydrogen-bond donors (Lipinski definition) is 2. The molecule has 1 aromatic rings. The number of carbonyl (C=O) groups is 1. The molecule has 1 saturated heterocycles. The van der Waals surface area contributed by atoms with Gasteiger partial charge >= 0.3 is 0 Å². The van der Waals surface area contributed by atoms with E-state index < -0.39 is 29.7 Å². The van der Waals surface area contributed by atoms with E-state index in [4.69, 9.17) is 23.2 Å². The molecule has 6 heteroatoms. The Labute approximate surface area is 127 Å². The molecule has 1 fully saturated rings. The van der Waals surface area contributed by atoms with Gasteiger partial charge in [0.05, 0.1) is 6.04 Å². The Balaban J connectivity index is 2.38. The molecule has 110 valence electrons. The van der Waals surface area contributed by atoms with Crippen LogP contribution in [0.4, 0.5) is 0 Å². The van der Waals surface area contributed by atoms with Crippen molar-refractivity contribution in [2.24, 2.45) is 5.41 Å². The van der Waals surface area contributed by atoms with Gasteiger partial charge in [-0.25, -0.2) is 0 Å². The Morgan fingerprint density at radius 3 is 2.35 bits per heavy atom. The summed E-state index contributed by atoms with van der Waals surface area (Å²) >= 11 is 12.0. The highest BCUT2D eigenvalue weighted by Gasteiger charge is 2.54. The van der Waals surface area contributed by atoms with Crippen molar-refractivity contribution in [3.8, 4) is 0 Å². The molecule has 0 aliphatic carbocycles. The molecule has 1 aliphatic rings. The summed E-state index contributed by atoms with van der Waals surface area (Å²) in [5.74, 6) is -0.499. The van der Waals surface area contributed by atoms with E-state index in [2.05, 4.69) is 0 Å². The molecule has 1 aliphatic heterocycles. The lowest BCUT2D eigenvalue weighted by molar-refractivity contribution is -0.141. The molecule has 2 rings (SSSR count). The van der Waals surface area contributed by atoms with Crippen molar-refractivity contribution in [3.05, 3.63) is 33.8 Å². The van der Waals surface area contributed by atoms with Gasteiger partial charge < -0.3 is 15.1 Å². The van der Waals surface area contributed by atoms with Gasteiger partial charge in [0.1, 0.15) is 12.3 Å². The molecule has 0 saturated carbocycles. The summed E-state index contributed by atoms with van der Waals surface area (Å²) in [6, 6.07) is 4.52. The molecule has 1 aromatic carbocycles. The fourth-order valence-electron chi connectivity index (χ4n) is 2.47. The quantitative estimate of drug-likeness (QED) is 0.881. The molecular weight excluding hydrogens is 301 g/mol. The SMILES string of the molecule is CC(c1ccc(Cl)cc1Cl)N1C(=O)C(O)C(C)(C)C1O. The summed E-state index contributed by atoms with van der Waals surface area (Å²) in [4.78, 5) is 13.4. The van der Waals surface area contributed by atoms with Gasteiger partial charge in [-0.05, 0) is 24.6 Å². The van der Waals surface area contributed by atoms with Crippen LogP contribution < -0.4 is 0 Å². The number of nitrogens with zero attached hydrogens (tertiary/aromatic N) is 1. The van der Waals surface area contributed by atoms with E-state index in [1.54, 1.807) is 39.0 Å². The third kappa shape index (κ3) is 2.31. The monoisotopic (exact) mass is 317 g/mol. The molecule has 2 N–H and O–H groups in total. The summed E-state index contributed by atoms with van der Waals surface area (Å²) in [5, 5.41) is 21.2. The van der Waals surface area contributed by atoms with E-state index in [1.807, 2.05) is 0 Å². The zero-order valence-corrected chi connectivity index (χ0v) is 13.0. The van der Waals surface area contributed by atoms with Gasteiger partial charge in [0, 0.05) is 15.5 Å². The lowest BCUT2D eigenvalue weighted by Crippen LogP contribution is -2.39. The summed E-state index contributed by atoms with van der Waals surface area (Å²) in [7, 11) is 0. The molecule has 4 nitrogen and oxygen atoms in total. The highest BCUT2D eigenvalue weighted by Crippen LogP contribution is 2.41. The third-order valence-corrected chi connectivity index (χ3v) is 4.51. The van der Waals surface area contributed by atoms with Crippen LogP contribution in [0.25, 0.3) is 0 Å². The third-order valence-electron chi connectivity index (χ3n) is 3.95. The van der Waals surface area contributed by atoms with Crippen molar-refractivity contribution in [2.75, 3.05) is 0 Å². The van der Waals surface area contributed by atoms with Crippen LogP contribution in [0.1, 0.15) is 32.4 Å². The Kier molecular flexibility index (Phi) is 4.04. The topological polar surface area (TPSA) is 60.8 Å². The van der Waals surface area contributed by atoms with Crippen molar-refractivity contribution >= 4 is 29.1 Å². The Morgan fingerprint density at radius 1 is 1.30 bits per heavy atom. The maximum Gasteiger partial charge on any atom is 0.254 e. The minimum atomic E-state index is -1.23. The van der Waals surface area contributed by atoms with E-state index in [9.17, 15) is 15.0 Å². The van der Waals surface area contributed by atoms with Crippen LogP contribution in [0.15, 0.2) is 18.2 Å². The standard InChI is InChI=1S/C14H17Cl2NO3/c1-7(9-5-4-8(15)6-10(9)16)17-12(19)11(18)14(2,3)13(17)20/h4-7,11,13,18,20H,1-3H3. The molecule has 3 atom stereocenters. The molecule has 1 heterocycles. The fourth-order valence-corrected chi connectivity index (χ4v) is 3.04. The van der Waals surface area contributed by atoms with Crippen molar-refractivity contribution in [3.63, 3.8) is 0 Å². The first-order valence-corrected chi connectivity index (χ1v) is 7.06. The second-order valence-electron chi connectivity index (χ2n) is 5.68. The molecular formula is C14H17Cl2NO3. The first kappa shape index (κ1) is 15.6. The molecule has 0 spiro atoms. The predicted molar refractivity (Wildman–Crippen MR) is 77.5 cm³/mol. The van der Waals surface area contributed by atoms with Crippen molar-refractivity contribution in [1.29, 1.82) is 0 Å². The van der Waals surface area contributed by atoms with Crippen LogP contribution in [0.2, 0.25) is 10.0 Å². The van der Waals surface area contributed by atoms with Gasteiger partial charge in [-0.15, -0.1) is 0 Å². The molecule has 0 radical (unpaired) electrons. The summed E-state index contributed by atoms with van der Waals surface area (Å²) in [5.41, 5.74) is -0.252. The Hall–Kier alpha value is -0.810. The number of aliphatic hydroxyl groups excluding tert-OH is 2. The molecule has 1 amide bonds. The van der Waals surface area contributed by atoms with Crippen LogP contribution in [0.3, 0.4) is 0 Å². The van der Waals surface area contributed by atoms with Gasteiger partial charge in [-0.3, -0.25) is 4.79 Å². The summed E-state index contributed by atoms with van der Waals surface area (Å²) < 4.78 is 0. The normalized spacial score (nSPS) is 26.9. The number of likely N-dealkylation sites (tertiary alicyclic amines) is 1. The fraction of sp³-hybridized carbons (Fsp3) is 0.500. The molecule has 3 unspecified atom stereocenters. The van der Waals surface area contributed by atoms with E-state index >= 15 is 0 Å². The molecule has 0 bridgehead atoms.